The average molecular weight is 308 g/mol. The highest BCUT2D eigenvalue weighted by Crippen LogP contribution is 2.32. The van der Waals surface area contributed by atoms with E-state index in [2.05, 4.69) is 4.98 Å². The van der Waals surface area contributed by atoms with E-state index in [1.807, 2.05) is 0 Å². The highest BCUT2D eigenvalue weighted by atomic mass is 32.2. The number of aromatic nitrogens is 1. The Morgan fingerprint density at radius 3 is 2.45 bits per heavy atom. The normalized spacial score (nSPS) is 13.0. The summed E-state index contributed by atoms with van der Waals surface area (Å²) in [6.07, 6.45) is -4.52. The van der Waals surface area contributed by atoms with Gasteiger partial charge in [-0.05, 0) is 18.6 Å². The molecule has 110 valence electrons. The van der Waals surface area contributed by atoms with Crippen LogP contribution in [0, 0.1) is 0 Å². The maximum absolute atomic E-state index is 12.6. The van der Waals surface area contributed by atoms with Gasteiger partial charge in [-0.3, -0.25) is 9.59 Å². The van der Waals surface area contributed by atoms with Crippen molar-refractivity contribution in [2.45, 2.75) is 29.8 Å². The number of rotatable bonds is 5. The van der Waals surface area contributed by atoms with Crippen LogP contribution in [-0.4, -0.2) is 27.2 Å². The first-order valence-electron chi connectivity index (χ1n) is 5.44. The molecule has 0 saturated carbocycles. The number of alkyl halides is 3. The van der Waals surface area contributed by atoms with E-state index in [1.165, 1.54) is 0 Å². The molecule has 0 radical (unpaired) electrons. The van der Waals surface area contributed by atoms with Gasteiger partial charge in [-0.15, -0.1) is 0 Å². The summed E-state index contributed by atoms with van der Waals surface area (Å²) in [6, 6.07) is 1.53. The first-order valence-corrected chi connectivity index (χ1v) is 6.32. The first kappa shape index (κ1) is 16.3. The van der Waals surface area contributed by atoms with Gasteiger partial charge in [0.1, 0.15) is 16.0 Å². The molecule has 1 unspecified atom stereocenters. The molecule has 1 atom stereocenters. The van der Waals surface area contributed by atoms with Gasteiger partial charge < -0.3 is 10.8 Å². The van der Waals surface area contributed by atoms with E-state index < -0.39 is 29.0 Å². The number of pyridine rings is 1. The van der Waals surface area contributed by atoms with Crippen LogP contribution in [0.3, 0.4) is 0 Å². The van der Waals surface area contributed by atoms with E-state index in [-0.39, 0.29) is 17.0 Å². The number of primary amides is 1. The molecular formula is C11H11F3N2O3S. The second-order valence-electron chi connectivity index (χ2n) is 3.76. The van der Waals surface area contributed by atoms with Crippen molar-refractivity contribution in [2.24, 2.45) is 5.73 Å². The molecule has 0 aromatic carbocycles. The summed E-state index contributed by atoms with van der Waals surface area (Å²) in [5.74, 6) is -2.17. The number of nitrogens with two attached hydrogens (primary N) is 1. The maximum Gasteiger partial charge on any atom is 0.433 e. The number of hydrogen-bond donors (Lipinski definition) is 2. The Morgan fingerprint density at radius 2 is 2.05 bits per heavy atom. The Hall–Kier alpha value is -1.77. The molecule has 5 nitrogen and oxygen atoms in total. The van der Waals surface area contributed by atoms with Crippen molar-refractivity contribution in [3.05, 3.63) is 23.4 Å². The summed E-state index contributed by atoms with van der Waals surface area (Å²) < 4.78 is 37.7. The molecule has 0 bridgehead atoms. The van der Waals surface area contributed by atoms with Crippen molar-refractivity contribution in [3.8, 4) is 0 Å². The van der Waals surface area contributed by atoms with Crippen molar-refractivity contribution in [1.29, 1.82) is 0 Å². The van der Waals surface area contributed by atoms with Crippen LogP contribution in [0.2, 0.25) is 0 Å². The van der Waals surface area contributed by atoms with E-state index in [1.54, 1.807) is 6.92 Å². The van der Waals surface area contributed by atoms with Crippen LogP contribution in [0.5, 0.6) is 0 Å². The minimum atomic E-state index is -4.68. The van der Waals surface area contributed by atoms with Crippen molar-refractivity contribution in [3.63, 3.8) is 0 Å². The Kier molecular flexibility index (Phi) is 4.98. The fraction of sp³-hybridized carbons (Fsp3) is 0.364. The summed E-state index contributed by atoms with van der Waals surface area (Å²) in [5.41, 5.74) is 3.61. The molecule has 3 N–H and O–H groups in total. The lowest BCUT2D eigenvalue weighted by Gasteiger charge is -2.13. The van der Waals surface area contributed by atoms with Crippen molar-refractivity contribution in [2.75, 3.05) is 0 Å². The number of carboxylic acid groups (broad SMARTS) is 1. The van der Waals surface area contributed by atoms with Gasteiger partial charge in [-0.25, -0.2) is 4.98 Å². The number of carboxylic acids is 1. The van der Waals surface area contributed by atoms with Gasteiger partial charge >= 0.3 is 12.1 Å². The van der Waals surface area contributed by atoms with Crippen LogP contribution in [-0.2, 0) is 11.0 Å². The fourth-order valence-corrected chi connectivity index (χ4v) is 2.30. The van der Waals surface area contributed by atoms with Gasteiger partial charge in [0.2, 0.25) is 0 Å². The molecule has 20 heavy (non-hydrogen) atoms. The van der Waals surface area contributed by atoms with Gasteiger partial charge in [-0.1, -0.05) is 18.7 Å². The zero-order valence-electron chi connectivity index (χ0n) is 10.3. The van der Waals surface area contributed by atoms with Gasteiger partial charge in [0.15, 0.2) is 0 Å². The Bertz CT molecular complexity index is 534. The number of nitrogens with zero attached hydrogens (tertiary/aromatic N) is 1. The Morgan fingerprint density at radius 1 is 1.45 bits per heavy atom. The molecule has 0 aliphatic rings. The molecule has 1 amide bonds. The molecule has 1 rings (SSSR count). The van der Waals surface area contributed by atoms with Gasteiger partial charge in [0.25, 0.3) is 5.91 Å². The first-order chi connectivity index (χ1) is 9.16. The third-order valence-electron chi connectivity index (χ3n) is 2.32. The van der Waals surface area contributed by atoms with E-state index in [0.717, 1.165) is 6.07 Å². The fourth-order valence-electron chi connectivity index (χ4n) is 1.32. The lowest BCUT2D eigenvalue weighted by atomic mass is 10.2. The molecule has 1 aromatic rings. The second-order valence-corrected chi connectivity index (χ2v) is 4.96. The average Bonchev–Trinajstić information content (AvgIpc) is 2.33. The predicted octanol–water partition coefficient (Wildman–Crippen LogP) is 2.15. The molecule has 0 fully saturated rings. The molecule has 0 spiro atoms. The number of carbonyl (C=O) groups is 2. The number of amides is 1. The van der Waals surface area contributed by atoms with Crippen LogP contribution in [0.15, 0.2) is 17.2 Å². The van der Waals surface area contributed by atoms with E-state index >= 15 is 0 Å². The van der Waals surface area contributed by atoms with Gasteiger partial charge in [0, 0.05) is 0 Å². The van der Waals surface area contributed by atoms with Gasteiger partial charge in [-0.2, -0.15) is 13.2 Å². The number of hydrogen-bond acceptors (Lipinski definition) is 4. The summed E-state index contributed by atoms with van der Waals surface area (Å²) in [5, 5.41) is 7.56. The van der Waals surface area contributed by atoms with E-state index in [4.69, 9.17) is 10.8 Å². The third-order valence-corrected chi connectivity index (χ3v) is 3.67. The number of aliphatic carboxylic acids is 1. The summed E-state index contributed by atoms with van der Waals surface area (Å²) in [6.45, 7) is 1.56. The maximum atomic E-state index is 12.6. The minimum Gasteiger partial charge on any atom is -0.480 e. The smallest absolute Gasteiger partial charge is 0.433 e. The molecule has 9 heteroatoms. The zero-order chi connectivity index (χ0) is 15.5. The quantitative estimate of drug-likeness (QED) is 0.813. The topological polar surface area (TPSA) is 93.3 Å². The number of carbonyl (C=O) groups excluding carboxylic acids is 1. The molecule has 0 aliphatic carbocycles. The van der Waals surface area contributed by atoms with Crippen molar-refractivity contribution >= 4 is 23.6 Å². The largest absolute Gasteiger partial charge is 0.480 e. The Labute approximate surface area is 116 Å². The third kappa shape index (κ3) is 3.86. The van der Waals surface area contributed by atoms with Crippen LogP contribution in [0.4, 0.5) is 13.2 Å². The van der Waals surface area contributed by atoms with Crippen LogP contribution < -0.4 is 5.73 Å². The molecule has 1 aromatic heterocycles. The highest BCUT2D eigenvalue weighted by Gasteiger charge is 2.34. The monoisotopic (exact) mass is 308 g/mol. The summed E-state index contributed by atoms with van der Waals surface area (Å²) >= 11 is 0.571. The van der Waals surface area contributed by atoms with Gasteiger partial charge in [0.05, 0.1) is 5.56 Å². The zero-order valence-corrected chi connectivity index (χ0v) is 11.1. The predicted molar refractivity (Wildman–Crippen MR) is 65.3 cm³/mol. The molecule has 1 heterocycles. The van der Waals surface area contributed by atoms with Crippen LogP contribution in [0.1, 0.15) is 29.4 Å². The van der Waals surface area contributed by atoms with Crippen molar-refractivity contribution < 1.29 is 27.9 Å². The molecular weight excluding hydrogens is 297 g/mol. The molecule has 0 aliphatic heterocycles. The minimum absolute atomic E-state index is 0.163. The Balaban J connectivity index is 3.25. The van der Waals surface area contributed by atoms with E-state index in [9.17, 15) is 22.8 Å². The number of thioether (sulfide) groups is 1. The summed E-state index contributed by atoms with van der Waals surface area (Å²) in [7, 11) is 0. The molecule has 0 saturated heterocycles. The second kappa shape index (κ2) is 6.12. The number of halogens is 3. The highest BCUT2D eigenvalue weighted by molar-refractivity contribution is 8.00. The standard InChI is InChI=1S/C11H11F3N2O3S/c1-2-6(10(18)19)20-9-5(8(15)17)3-4-7(16-9)11(12,13)14/h3-4,6H,2H2,1H3,(H2,15,17)(H,18,19). The lowest BCUT2D eigenvalue weighted by Crippen LogP contribution is -2.19. The van der Waals surface area contributed by atoms with E-state index in [0.29, 0.717) is 17.8 Å². The SMILES string of the molecule is CCC(Sc1nc(C(F)(F)F)ccc1C(N)=O)C(=O)O. The lowest BCUT2D eigenvalue weighted by molar-refractivity contribution is -0.141. The van der Waals surface area contributed by atoms with Crippen molar-refractivity contribution in [1.82, 2.24) is 4.98 Å². The van der Waals surface area contributed by atoms with Crippen LogP contribution >= 0.6 is 11.8 Å². The van der Waals surface area contributed by atoms with Crippen LogP contribution in [0.25, 0.3) is 0 Å². The summed E-state index contributed by atoms with van der Waals surface area (Å²) in [4.78, 5) is 25.4.